The van der Waals surface area contributed by atoms with Crippen molar-refractivity contribution in [2.75, 3.05) is 19.6 Å². The smallest absolute Gasteiger partial charge is 0.224 e. The number of hydrogen-bond acceptors (Lipinski definition) is 3. The van der Waals surface area contributed by atoms with E-state index in [9.17, 15) is 9.59 Å². The predicted octanol–water partition coefficient (Wildman–Crippen LogP) is -0.140. The van der Waals surface area contributed by atoms with E-state index < -0.39 is 0 Å². The fraction of sp³-hybridized carbons (Fsp3) is 0.818. The molecule has 4 N–H and O–H groups in total. The van der Waals surface area contributed by atoms with Crippen LogP contribution in [0.1, 0.15) is 27.2 Å². The SMILES string of the molecule is CC(C)CNC(=O)CCNC(=O)C(C)CN. The Kier molecular flexibility index (Phi) is 7.54. The van der Waals surface area contributed by atoms with Crippen LogP contribution in [0.15, 0.2) is 0 Å². The van der Waals surface area contributed by atoms with Crippen molar-refractivity contribution in [2.24, 2.45) is 17.6 Å². The van der Waals surface area contributed by atoms with Gasteiger partial charge in [-0.15, -0.1) is 0 Å². The maximum Gasteiger partial charge on any atom is 0.224 e. The van der Waals surface area contributed by atoms with Gasteiger partial charge in [0.1, 0.15) is 0 Å². The molecule has 0 aromatic heterocycles. The minimum atomic E-state index is -0.196. The molecule has 0 heterocycles. The Morgan fingerprint density at radius 1 is 1.19 bits per heavy atom. The van der Waals surface area contributed by atoms with Gasteiger partial charge in [0.25, 0.3) is 0 Å². The summed E-state index contributed by atoms with van der Waals surface area (Å²) in [5.74, 6) is 0.114. The van der Waals surface area contributed by atoms with E-state index in [1.54, 1.807) is 6.92 Å². The summed E-state index contributed by atoms with van der Waals surface area (Å²) in [6.07, 6.45) is 0.315. The second-order valence-electron chi connectivity index (χ2n) is 4.38. The highest BCUT2D eigenvalue weighted by Gasteiger charge is 2.10. The Balaban J connectivity index is 3.58. The Morgan fingerprint density at radius 2 is 1.81 bits per heavy atom. The largest absolute Gasteiger partial charge is 0.356 e. The Morgan fingerprint density at radius 3 is 2.31 bits per heavy atom. The third kappa shape index (κ3) is 7.23. The highest BCUT2D eigenvalue weighted by Crippen LogP contribution is 1.91. The Hall–Kier alpha value is -1.10. The zero-order valence-electron chi connectivity index (χ0n) is 10.4. The molecule has 0 bridgehead atoms. The summed E-state index contributed by atoms with van der Waals surface area (Å²) in [7, 11) is 0. The molecule has 0 aliphatic heterocycles. The molecule has 0 rings (SSSR count). The van der Waals surface area contributed by atoms with E-state index in [4.69, 9.17) is 5.73 Å². The van der Waals surface area contributed by atoms with Crippen molar-refractivity contribution in [2.45, 2.75) is 27.2 Å². The Bertz CT molecular complexity index is 229. The van der Waals surface area contributed by atoms with Crippen LogP contribution in [0, 0.1) is 11.8 Å². The summed E-state index contributed by atoms with van der Waals surface area (Å²) in [5, 5.41) is 5.46. The van der Waals surface area contributed by atoms with Crippen LogP contribution in [0.4, 0.5) is 0 Å². The van der Waals surface area contributed by atoms with E-state index in [-0.39, 0.29) is 17.7 Å². The molecule has 0 aromatic carbocycles. The molecule has 5 heteroatoms. The number of amides is 2. The van der Waals surface area contributed by atoms with Crippen molar-refractivity contribution < 1.29 is 9.59 Å². The van der Waals surface area contributed by atoms with Gasteiger partial charge in [-0.2, -0.15) is 0 Å². The van der Waals surface area contributed by atoms with Crippen molar-refractivity contribution in [1.82, 2.24) is 10.6 Å². The highest BCUT2D eigenvalue weighted by atomic mass is 16.2. The first-order chi connectivity index (χ1) is 7.47. The summed E-state index contributed by atoms with van der Waals surface area (Å²) in [6.45, 7) is 7.19. The number of nitrogens with two attached hydrogens (primary N) is 1. The first-order valence-electron chi connectivity index (χ1n) is 5.71. The molecular weight excluding hydrogens is 206 g/mol. The molecule has 0 aliphatic carbocycles. The topological polar surface area (TPSA) is 84.2 Å². The minimum absolute atomic E-state index is 0.0330. The van der Waals surface area contributed by atoms with E-state index in [1.807, 2.05) is 13.8 Å². The van der Waals surface area contributed by atoms with Crippen molar-refractivity contribution in [3.8, 4) is 0 Å². The van der Waals surface area contributed by atoms with Crippen LogP contribution >= 0.6 is 0 Å². The van der Waals surface area contributed by atoms with Gasteiger partial charge in [-0.25, -0.2) is 0 Å². The van der Waals surface area contributed by atoms with Crippen LogP contribution in [-0.2, 0) is 9.59 Å². The van der Waals surface area contributed by atoms with E-state index in [0.717, 1.165) is 0 Å². The van der Waals surface area contributed by atoms with Crippen LogP contribution in [-0.4, -0.2) is 31.4 Å². The minimum Gasteiger partial charge on any atom is -0.356 e. The summed E-state index contributed by atoms with van der Waals surface area (Å²) in [5.41, 5.74) is 5.35. The van der Waals surface area contributed by atoms with Gasteiger partial charge in [0.15, 0.2) is 0 Å². The monoisotopic (exact) mass is 229 g/mol. The van der Waals surface area contributed by atoms with Gasteiger partial charge in [-0.05, 0) is 5.92 Å². The van der Waals surface area contributed by atoms with Gasteiger partial charge in [-0.3, -0.25) is 9.59 Å². The lowest BCUT2D eigenvalue weighted by molar-refractivity contribution is -0.124. The van der Waals surface area contributed by atoms with Crippen molar-refractivity contribution in [3.63, 3.8) is 0 Å². The summed E-state index contributed by atoms with van der Waals surface area (Å²) in [6, 6.07) is 0. The molecule has 0 saturated heterocycles. The number of nitrogens with one attached hydrogen (secondary N) is 2. The molecule has 1 unspecified atom stereocenters. The zero-order chi connectivity index (χ0) is 12.6. The fourth-order valence-electron chi connectivity index (χ4n) is 0.987. The molecule has 0 fully saturated rings. The molecule has 16 heavy (non-hydrogen) atoms. The van der Waals surface area contributed by atoms with E-state index >= 15 is 0 Å². The average molecular weight is 229 g/mol. The molecule has 5 nitrogen and oxygen atoms in total. The van der Waals surface area contributed by atoms with Crippen molar-refractivity contribution in [1.29, 1.82) is 0 Å². The van der Waals surface area contributed by atoms with Crippen LogP contribution in [0.25, 0.3) is 0 Å². The number of hydrogen-bond donors (Lipinski definition) is 3. The van der Waals surface area contributed by atoms with E-state index in [2.05, 4.69) is 10.6 Å². The molecule has 0 aliphatic rings. The lowest BCUT2D eigenvalue weighted by atomic mass is 10.1. The summed E-state index contributed by atoms with van der Waals surface area (Å²) < 4.78 is 0. The third-order valence-corrected chi connectivity index (χ3v) is 2.16. The molecule has 94 valence electrons. The van der Waals surface area contributed by atoms with Gasteiger partial charge in [0.2, 0.25) is 11.8 Å². The van der Waals surface area contributed by atoms with Gasteiger partial charge in [-0.1, -0.05) is 20.8 Å². The molecule has 0 radical (unpaired) electrons. The van der Waals surface area contributed by atoms with E-state index in [0.29, 0.717) is 32.0 Å². The molecular formula is C11H23N3O2. The fourth-order valence-corrected chi connectivity index (χ4v) is 0.987. The van der Waals surface area contributed by atoms with Crippen molar-refractivity contribution in [3.05, 3.63) is 0 Å². The molecule has 0 aromatic rings. The van der Waals surface area contributed by atoms with Gasteiger partial charge in [0.05, 0.1) is 0 Å². The standard InChI is InChI=1S/C11H23N3O2/c1-8(2)7-14-10(15)4-5-13-11(16)9(3)6-12/h8-9H,4-7,12H2,1-3H3,(H,13,16)(H,14,15). The quantitative estimate of drug-likeness (QED) is 0.568. The Labute approximate surface area is 97.2 Å². The van der Waals surface area contributed by atoms with E-state index in [1.165, 1.54) is 0 Å². The number of carbonyl (C=O) groups is 2. The normalized spacial score (nSPS) is 12.3. The first kappa shape index (κ1) is 14.9. The second kappa shape index (κ2) is 8.10. The van der Waals surface area contributed by atoms with Gasteiger partial charge < -0.3 is 16.4 Å². The molecule has 0 spiro atoms. The van der Waals surface area contributed by atoms with Crippen LogP contribution in [0.3, 0.4) is 0 Å². The highest BCUT2D eigenvalue weighted by molar-refractivity contribution is 5.80. The number of rotatable bonds is 7. The maximum absolute atomic E-state index is 11.3. The second-order valence-corrected chi connectivity index (χ2v) is 4.38. The predicted molar refractivity (Wildman–Crippen MR) is 63.7 cm³/mol. The van der Waals surface area contributed by atoms with Crippen LogP contribution in [0.2, 0.25) is 0 Å². The third-order valence-electron chi connectivity index (χ3n) is 2.16. The number of carbonyl (C=O) groups excluding carboxylic acids is 2. The summed E-state index contributed by atoms with van der Waals surface area (Å²) >= 11 is 0. The van der Waals surface area contributed by atoms with Gasteiger partial charge in [0, 0.05) is 32.0 Å². The summed E-state index contributed by atoms with van der Waals surface area (Å²) in [4.78, 5) is 22.6. The lowest BCUT2D eigenvalue weighted by Crippen LogP contribution is -2.36. The van der Waals surface area contributed by atoms with Gasteiger partial charge >= 0.3 is 0 Å². The maximum atomic E-state index is 11.3. The molecule has 0 saturated carbocycles. The van der Waals surface area contributed by atoms with Crippen LogP contribution < -0.4 is 16.4 Å². The average Bonchev–Trinajstić information content (AvgIpc) is 2.24. The molecule has 2 amide bonds. The molecule has 1 atom stereocenters. The first-order valence-corrected chi connectivity index (χ1v) is 5.71. The van der Waals surface area contributed by atoms with Crippen LogP contribution in [0.5, 0.6) is 0 Å². The zero-order valence-corrected chi connectivity index (χ0v) is 10.4. The lowest BCUT2D eigenvalue weighted by Gasteiger charge is -2.10. The van der Waals surface area contributed by atoms with Crippen molar-refractivity contribution >= 4 is 11.8 Å².